The van der Waals surface area contributed by atoms with E-state index in [1.54, 1.807) is 0 Å². The molecule has 3 heteroatoms. The summed E-state index contributed by atoms with van der Waals surface area (Å²) in [5.74, 6) is 0.364. The van der Waals surface area contributed by atoms with Gasteiger partial charge in [0.2, 0.25) is 0 Å². The predicted molar refractivity (Wildman–Crippen MR) is 59.9 cm³/mol. The third-order valence-electron chi connectivity index (χ3n) is 2.76. The Morgan fingerprint density at radius 3 is 2.29 bits per heavy atom. The van der Waals surface area contributed by atoms with E-state index >= 15 is 0 Å². The van der Waals surface area contributed by atoms with Crippen molar-refractivity contribution in [2.24, 2.45) is 5.73 Å². The SMILES string of the molecule is Cl.NCc1cc2c(cc1O)CCCC2. The van der Waals surface area contributed by atoms with Gasteiger partial charge in [-0.1, -0.05) is 6.07 Å². The minimum absolute atomic E-state index is 0. The van der Waals surface area contributed by atoms with Gasteiger partial charge in [-0.15, -0.1) is 12.4 Å². The number of fused-ring (bicyclic) bond motifs is 1. The Morgan fingerprint density at radius 1 is 1.14 bits per heavy atom. The number of phenolic OH excluding ortho intramolecular Hbond substituents is 1. The Hall–Kier alpha value is -0.730. The lowest BCUT2D eigenvalue weighted by atomic mass is 9.90. The highest BCUT2D eigenvalue weighted by molar-refractivity contribution is 5.85. The van der Waals surface area contributed by atoms with Crippen LogP contribution in [0.15, 0.2) is 12.1 Å². The largest absolute Gasteiger partial charge is 0.508 e. The second-order valence-electron chi connectivity index (χ2n) is 3.66. The highest BCUT2D eigenvalue weighted by Gasteiger charge is 2.11. The maximum atomic E-state index is 9.59. The molecule has 0 fully saturated rings. The molecule has 78 valence electrons. The minimum atomic E-state index is 0. The van der Waals surface area contributed by atoms with E-state index in [-0.39, 0.29) is 12.4 Å². The van der Waals surface area contributed by atoms with Crippen LogP contribution in [0.25, 0.3) is 0 Å². The number of aromatic hydroxyl groups is 1. The van der Waals surface area contributed by atoms with Crippen LogP contribution in [0.4, 0.5) is 0 Å². The van der Waals surface area contributed by atoms with Gasteiger partial charge in [-0.3, -0.25) is 0 Å². The number of hydrogen-bond donors (Lipinski definition) is 2. The number of rotatable bonds is 1. The lowest BCUT2D eigenvalue weighted by Crippen LogP contribution is -2.05. The normalized spacial score (nSPS) is 14.4. The molecule has 1 aliphatic carbocycles. The first-order valence-electron chi connectivity index (χ1n) is 4.85. The molecule has 14 heavy (non-hydrogen) atoms. The van der Waals surface area contributed by atoms with E-state index in [0.717, 1.165) is 18.4 Å². The molecule has 2 rings (SSSR count). The van der Waals surface area contributed by atoms with Gasteiger partial charge in [0.15, 0.2) is 0 Å². The molecule has 0 aromatic heterocycles. The summed E-state index contributed by atoms with van der Waals surface area (Å²) in [4.78, 5) is 0. The molecule has 0 heterocycles. The number of halogens is 1. The fraction of sp³-hybridized carbons (Fsp3) is 0.455. The van der Waals surface area contributed by atoms with Crippen LogP contribution in [0.3, 0.4) is 0 Å². The zero-order valence-electron chi connectivity index (χ0n) is 8.12. The average molecular weight is 214 g/mol. The van der Waals surface area contributed by atoms with Crippen LogP contribution >= 0.6 is 12.4 Å². The Balaban J connectivity index is 0.000000980. The summed E-state index contributed by atoms with van der Waals surface area (Å²) in [7, 11) is 0. The molecule has 0 atom stereocenters. The number of phenols is 1. The molecule has 0 saturated heterocycles. The van der Waals surface area contributed by atoms with Crippen molar-refractivity contribution in [2.75, 3.05) is 0 Å². The van der Waals surface area contributed by atoms with E-state index in [1.165, 1.54) is 24.0 Å². The lowest BCUT2D eigenvalue weighted by Gasteiger charge is -2.17. The van der Waals surface area contributed by atoms with Gasteiger partial charge in [-0.25, -0.2) is 0 Å². The van der Waals surface area contributed by atoms with Crippen molar-refractivity contribution in [3.63, 3.8) is 0 Å². The molecule has 2 nitrogen and oxygen atoms in total. The molecule has 1 aromatic rings. The Kier molecular flexibility index (Phi) is 3.78. The maximum Gasteiger partial charge on any atom is 0.120 e. The van der Waals surface area contributed by atoms with Gasteiger partial charge >= 0.3 is 0 Å². The van der Waals surface area contributed by atoms with Crippen LogP contribution in [-0.2, 0) is 19.4 Å². The summed E-state index contributed by atoms with van der Waals surface area (Å²) in [6.45, 7) is 0.430. The van der Waals surface area contributed by atoms with E-state index in [1.807, 2.05) is 6.07 Å². The molecule has 3 N–H and O–H groups in total. The predicted octanol–water partition coefficient (Wildman–Crippen LogP) is 2.15. The van der Waals surface area contributed by atoms with Gasteiger partial charge in [0.25, 0.3) is 0 Å². The smallest absolute Gasteiger partial charge is 0.120 e. The molecule has 0 aliphatic heterocycles. The summed E-state index contributed by atoms with van der Waals surface area (Å²) in [6, 6.07) is 3.94. The zero-order valence-corrected chi connectivity index (χ0v) is 8.94. The molecular weight excluding hydrogens is 198 g/mol. The highest BCUT2D eigenvalue weighted by atomic mass is 35.5. The fourth-order valence-corrected chi connectivity index (χ4v) is 1.99. The Bertz CT molecular complexity index is 325. The van der Waals surface area contributed by atoms with Gasteiger partial charge in [0.1, 0.15) is 5.75 Å². The Labute approximate surface area is 90.5 Å². The van der Waals surface area contributed by atoms with Gasteiger partial charge in [0, 0.05) is 12.1 Å². The summed E-state index contributed by atoms with van der Waals surface area (Å²) < 4.78 is 0. The second-order valence-corrected chi connectivity index (χ2v) is 3.66. The maximum absolute atomic E-state index is 9.59. The first-order valence-corrected chi connectivity index (χ1v) is 4.85. The van der Waals surface area contributed by atoms with Gasteiger partial charge in [-0.05, 0) is 42.9 Å². The quantitative estimate of drug-likeness (QED) is 0.751. The lowest BCUT2D eigenvalue weighted by molar-refractivity contribution is 0.466. The van der Waals surface area contributed by atoms with Crippen LogP contribution in [-0.4, -0.2) is 5.11 Å². The molecule has 0 spiro atoms. The third-order valence-corrected chi connectivity index (χ3v) is 2.76. The first kappa shape index (κ1) is 11.3. The van der Waals surface area contributed by atoms with E-state index < -0.39 is 0 Å². The van der Waals surface area contributed by atoms with Crippen LogP contribution < -0.4 is 5.73 Å². The van der Waals surface area contributed by atoms with Crippen LogP contribution in [0.5, 0.6) is 5.75 Å². The van der Waals surface area contributed by atoms with Crippen molar-refractivity contribution in [2.45, 2.75) is 32.2 Å². The van der Waals surface area contributed by atoms with Gasteiger partial charge in [-0.2, -0.15) is 0 Å². The van der Waals surface area contributed by atoms with Crippen molar-refractivity contribution < 1.29 is 5.11 Å². The van der Waals surface area contributed by atoms with Crippen molar-refractivity contribution >= 4 is 12.4 Å². The molecule has 0 amide bonds. The van der Waals surface area contributed by atoms with Crippen LogP contribution in [0.2, 0.25) is 0 Å². The first-order chi connectivity index (χ1) is 6.31. The molecule has 0 unspecified atom stereocenters. The molecular formula is C11H16ClNO. The van der Waals surface area contributed by atoms with E-state index in [9.17, 15) is 5.11 Å². The van der Waals surface area contributed by atoms with Gasteiger partial charge < -0.3 is 10.8 Å². The topological polar surface area (TPSA) is 46.2 Å². The number of hydrogen-bond acceptors (Lipinski definition) is 2. The van der Waals surface area contributed by atoms with Crippen LogP contribution in [0.1, 0.15) is 29.5 Å². The Morgan fingerprint density at radius 2 is 1.71 bits per heavy atom. The molecule has 1 aliphatic rings. The highest BCUT2D eigenvalue weighted by Crippen LogP contribution is 2.27. The third kappa shape index (κ3) is 2.02. The summed E-state index contributed by atoms with van der Waals surface area (Å²) in [5, 5.41) is 9.59. The summed E-state index contributed by atoms with van der Waals surface area (Å²) in [5.41, 5.74) is 9.08. The number of aryl methyl sites for hydroxylation is 2. The van der Waals surface area contributed by atoms with Crippen LogP contribution in [0, 0.1) is 0 Å². The van der Waals surface area contributed by atoms with E-state index in [4.69, 9.17) is 5.73 Å². The zero-order chi connectivity index (χ0) is 9.26. The molecule has 0 bridgehead atoms. The number of benzene rings is 1. The second kappa shape index (κ2) is 4.67. The standard InChI is InChI=1S/C11H15NO.ClH/c12-7-10-5-8-3-1-2-4-9(8)6-11(10)13;/h5-6,13H,1-4,7,12H2;1H. The van der Waals surface area contributed by atoms with E-state index in [2.05, 4.69) is 6.07 Å². The number of nitrogens with two attached hydrogens (primary N) is 1. The summed E-state index contributed by atoms with van der Waals surface area (Å²) in [6.07, 6.45) is 4.76. The molecule has 0 saturated carbocycles. The summed E-state index contributed by atoms with van der Waals surface area (Å²) >= 11 is 0. The van der Waals surface area contributed by atoms with Crippen molar-refractivity contribution in [3.05, 3.63) is 28.8 Å². The van der Waals surface area contributed by atoms with Crippen molar-refractivity contribution in [1.29, 1.82) is 0 Å². The monoisotopic (exact) mass is 213 g/mol. The fourth-order valence-electron chi connectivity index (χ4n) is 1.99. The molecule has 0 radical (unpaired) electrons. The van der Waals surface area contributed by atoms with E-state index in [0.29, 0.717) is 12.3 Å². The average Bonchev–Trinajstić information content (AvgIpc) is 2.17. The molecule has 1 aromatic carbocycles. The van der Waals surface area contributed by atoms with Crippen molar-refractivity contribution in [3.8, 4) is 5.75 Å². The minimum Gasteiger partial charge on any atom is -0.508 e. The van der Waals surface area contributed by atoms with Crippen molar-refractivity contribution in [1.82, 2.24) is 0 Å². The van der Waals surface area contributed by atoms with Gasteiger partial charge in [0.05, 0.1) is 0 Å².